The third-order valence-electron chi connectivity index (χ3n) is 4.27. The largest absolute Gasteiger partial charge is 0.483 e. The van der Waals surface area contributed by atoms with Crippen molar-refractivity contribution in [3.8, 4) is 5.75 Å². The summed E-state index contributed by atoms with van der Waals surface area (Å²) in [7, 11) is 1.32. The summed E-state index contributed by atoms with van der Waals surface area (Å²) in [5.74, 6) is -0.362. The molecule has 0 saturated heterocycles. The predicted octanol–water partition coefficient (Wildman–Crippen LogP) is 3.13. The summed E-state index contributed by atoms with van der Waals surface area (Å²) in [6, 6.07) is 17.8. The van der Waals surface area contributed by atoms with Gasteiger partial charge in [0.1, 0.15) is 5.75 Å². The molecule has 0 unspecified atom stereocenters. The van der Waals surface area contributed by atoms with Crippen molar-refractivity contribution in [3.05, 3.63) is 77.4 Å². The van der Waals surface area contributed by atoms with E-state index in [0.29, 0.717) is 23.4 Å². The number of amides is 1. The summed E-state index contributed by atoms with van der Waals surface area (Å²) in [5, 5.41) is 4.44. The molecule has 0 aromatic heterocycles. The number of aldehydes is 1. The number of benzene rings is 3. The number of methoxy groups -OCH3 is 1. The number of esters is 1. The summed E-state index contributed by atoms with van der Waals surface area (Å²) in [4.78, 5) is 35.0. The van der Waals surface area contributed by atoms with E-state index >= 15 is 0 Å². The Morgan fingerprint density at radius 2 is 1.75 bits per heavy atom. The average molecular weight is 377 g/mol. The summed E-state index contributed by atoms with van der Waals surface area (Å²) >= 11 is 0. The Kier molecular flexibility index (Phi) is 6.01. The van der Waals surface area contributed by atoms with E-state index in [1.54, 1.807) is 30.3 Å². The van der Waals surface area contributed by atoms with Crippen LogP contribution in [0.2, 0.25) is 0 Å². The quantitative estimate of drug-likeness (QED) is 0.505. The molecule has 3 aromatic carbocycles. The molecular weight excluding hydrogens is 358 g/mol. The summed E-state index contributed by atoms with van der Waals surface area (Å²) < 4.78 is 10.2. The van der Waals surface area contributed by atoms with Gasteiger partial charge in [0.25, 0.3) is 5.91 Å². The molecule has 0 atom stereocenters. The van der Waals surface area contributed by atoms with E-state index in [-0.39, 0.29) is 12.5 Å². The summed E-state index contributed by atoms with van der Waals surface area (Å²) in [5.41, 5.74) is 1.70. The average Bonchev–Trinajstić information content (AvgIpc) is 2.75. The minimum Gasteiger partial charge on any atom is -0.483 e. The molecule has 3 aromatic rings. The molecular formula is C22H19NO5. The maximum atomic E-state index is 12.1. The van der Waals surface area contributed by atoms with Crippen LogP contribution in [-0.2, 0) is 16.1 Å². The molecule has 0 aliphatic heterocycles. The van der Waals surface area contributed by atoms with Crippen LogP contribution in [0.4, 0.5) is 0 Å². The lowest BCUT2D eigenvalue weighted by atomic mass is 10.0. The van der Waals surface area contributed by atoms with Gasteiger partial charge < -0.3 is 14.8 Å². The van der Waals surface area contributed by atoms with Gasteiger partial charge in [0.2, 0.25) is 0 Å². The van der Waals surface area contributed by atoms with Gasteiger partial charge in [-0.15, -0.1) is 0 Å². The molecule has 6 nitrogen and oxygen atoms in total. The number of nitrogens with one attached hydrogen (secondary N) is 1. The number of rotatable bonds is 7. The Morgan fingerprint density at radius 1 is 1.00 bits per heavy atom. The first-order valence-electron chi connectivity index (χ1n) is 8.66. The highest BCUT2D eigenvalue weighted by atomic mass is 16.5. The highest BCUT2D eigenvalue weighted by Gasteiger charge is 2.10. The Labute approximate surface area is 162 Å². The first-order chi connectivity index (χ1) is 13.6. The molecule has 6 heteroatoms. The summed E-state index contributed by atoms with van der Waals surface area (Å²) in [6.45, 7) is 0.0847. The van der Waals surface area contributed by atoms with Gasteiger partial charge >= 0.3 is 5.97 Å². The van der Waals surface area contributed by atoms with Crippen LogP contribution in [0, 0.1) is 0 Å². The van der Waals surface area contributed by atoms with Crippen molar-refractivity contribution in [2.24, 2.45) is 0 Å². The van der Waals surface area contributed by atoms with Gasteiger partial charge in [0.05, 0.1) is 18.2 Å². The zero-order chi connectivity index (χ0) is 19.9. The SMILES string of the molecule is COC(=O)c1ccc(CNC(=O)COc2ccc3ccccc3c2C=O)cc1. The Morgan fingerprint density at radius 3 is 2.46 bits per heavy atom. The maximum Gasteiger partial charge on any atom is 0.337 e. The molecule has 0 fully saturated rings. The van der Waals surface area contributed by atoms with Crippen LogP contribution in [0.1, 0.15) is 26.3 Å². The smallest absolute Gasteiger partial charge is 0.337 e. The van der Waals surface area contributed by atoms with Gasteiger partial charge in [-0.2, -0.15) is 0 Å². The van der Waals surface area contributed by atoms with E-state index in [4.69, 9.17) is 4.74 Å². The number of fused-ring (bicyclic) bond motifs is 1. The van der Waals surface area contributed by atoms with Gasteiger partial charge in [-0.3, -0.25) is 9.59 Å². The second kappa shape index (κ2) is 8.81. The Hall–Kier alpha value is -3.67. The highest BCUT2D eigenvalue weighted by molar-refractivity contribution is 6.00. The zero-order valence-electron chi connectivity index (χ0n) is 15.3. The van der Waals surface area contributed by atoms with Crippen LogP contribution in [0.25, 0.3) is 10.8 Å². The van der Waals surface area contributed by atoms with Crippen molar-refractivity contribution in [2.75, 3.05) is 13.7 Å². The van der Waals surface area contributed by atoms with E-state index in [1.807, 2.05) is 30.3 Å². The van der Waals surface area contributed by atoms with Crippen molar-refractivity contribution >= 4 is 28.9 Å². The molecule has 0 saturated carbocycles. The standard InChI is InChI=1S/C22H19NO5/c1-27-22(26)17-8-6-15(7-9-17)12-23-21(25)14-28-20-11-10-16-4-2-3-5-18(16)19(20)13-24/h2-11,13H,12,14H2,1H3,(H,23,25). The van der Waals surface area contributed by atoms with Crippen molar-refractivity contribution in [1.82, 2.24) is 5.32 Å². The third kappa shape index (κ3) is 4.35. The van der Waals surface area contributed by atoms with E-state index in [2.05, 4.69) is 10.1 Å². The van der Waals surface area contributed by atoms with Crippen molar-refractivity contribution in [1.29, 1.82) is 0 Å². The van der Waals surface area contributed by atoms with Gasteiger partial charge in [-0.25, -0.2) is 4.79 Å². The fraction of sp³-hybridized carbons (Fsp3) is 0.136. The molecule has 0 heterocycles. The molecule has 1 N–H and O–H groups in total. The zero-order valence-corrected chi connectivity index (χ0v) is 15.3. The maximum absolute atomic E-state index is 12.1. The topological polar surface area (TPSA) is 81.7 Å². The van der Waals surface area contributed by atoms with Crippen LogP contribution in [0.5, 0.6) is 5.75 Å². The molecule has 0 aliphatic carbocycles. The van der Waals surface area contributed by atoms with Crippen molar-refractivity contribution in [2.45, 2.75) is 6.54 Å². The van der Waals surface area contributed by atoms with Gasteiger partial charge in [0.15, 0.2) is 12.9 Å². The van der Waals surface area contributed by atoms with E-state index in [0.717, 1.165) is 22.6 Å². The monoisotopic (exact) mass is 377 g/mol. The lowest BCUT2D eigenvalue weighted by Gasteiger charge is -2.11. The number of hydrogen-bond acceptors (Lipinski definition) is 5. The lowest BCUT2D eigenvalue weighted by Crippen LogP contribution is -2.28. The molecule has 142 valence electrons. The van der Waals surface area contributed by atoms with Crippen molar-refractivity contribution in [3.63, 3.8) is 0 Å². The van der Waals surface area contributed by atoms with Crippen molar-refractivity contribution < 1.29 is 23.9 Å². The van der Waals surface area contributed by atoms with Crippen LogP contribution in [-0.4, -0.2) is 31.9 Å². The normalized spacial score (nSPS) is 10.3. The molecule has 0 radical (unpaired) electrons. The fourth-order valence-electron chi connectivity index (χ4n) is 2.79. The second-order valence-electron chi connectivity index (χ2n) is 6.07. The minimum absolute atomic E-state index is 0.209. The summed E-state index contributed by atoms with van der Waals surface area (Å²) in [6.07, 6.45) is 0.735. The van der Waals surface area contributed by atoms with Crippen LogP contribution in [0.3, 0.4) is 0 Å². The second-order valence-corrected chi connectivity index (χ2v) is 6.07. The van der Waals surface area contributed by atoms with E-state index in [9.17, 15) is 14.4 Å². The predicted molar refractivity (Wildman–Crippen MR) is 104 cm³/mol. The molecule has 1 amide bonds. The first kappa shape index (κ1) is 19.1. The van der Waals surface area contributed by atoms with Crippen LogP contribution < -0.4 is 10.1 Å². The Bertz CT molecular complexity index is 1010. The minimum atomic E-state index is -0.412. The first-order valence-corrected chi connectivity index (χ1v) is 8.66. The molecule has 0 aliphatic rings. The Balaban J connectivity index is 1.58. The fourth-order valence-corrected chi connectivity index (χ4v) is 2.79. The lowest BCUT2D eigenvalue weighted by molar-refractivity contribution is -0.123. The molecule has 0 spiro atoms. The van der Waals surface area contributed by atoms with Crippen LogP contribution in [0.15, 0.2) is 60.7 Å². The van der Waals surface area contributed by atoms with Crippen LogP contribution >= 0.6 is 0 Å². The number of carbonyl (C=O) groups excluding carboxylic acids is 3. The van der Waals surface area contributed by atoms with Gasteiger partial charge in [0, 0.05) is 6.54 Å². The van der Waals surface area contributed by atoms with Gasteiger partial charge in [-0.05, 0) is 34.5 Å². The number of hydrogen-bond donors (Lipinski definition) is 1. The molecule has 0 bridgehead atoms. The highest BCUT2D eigenvalue weighted by Crippen LogP contribution is 2.26. The molecule has 3 rings (SSSR count). The van der Waals surface area contributed by atoms with E-state index in [1.165, 1.54) is 7.11 Å². The number of carbonyl (C=O) groups is 3. The van der Waals surface area contributed by atoms with Gasteiger partial charge in [-0.1, -0.05) is 42.5 Å². The number of ether oxygens (including phenoxy) is 2. The molecule has 28 heavy (non-hydrogen) atoms. The third-order valence-corrected chi connectivity index (χ3v) is 4.27. The van der Waals surface area contributed by atoms with E-state index < -0.39 is 5.97 Å².